The van der Waals surface area contributed by atoms with Gasteiger partial charge in [0.15, 0.2) is 0 Å². The zero-order valence-electron chi connectivity index (χ0n) is 20.9. The van der Waals surface area contributed by atoms with Gasteiger partial charge < -0.3 is 20.6 Å². The van der Waals surface area contributed by atoms with Crippen LogP contribution in [-0.4, -0.2) is 40.3 Å². The molecule has 0 bridgehead atoms. The molecule has 0 aliphatic carbocycles. The summed E-state index contributed by atoms with van der Waals surface area (Å²) in [7, 11) is 0. The highest BCUT2D eigenvalue weighted by atomic mass is 35.5. The number of nitrogens with one attached hydrogen (secondary N) is 2. The average Bonchev–Trinajstić information content (AvgIpc) is 3.05. The standard InChI is InChI=1S/C29H26Cl2N6O2/c30-23-5-3-6-24(31)22(23)17-37-26-7-2-1-4-21(26)27-25(34-29(37)39)16-32-28(35-27)33-18-8-10-19(11-9-18)36-14-12-20(38)13-15-36/h1-11,16,20,38H,12-15,17H2,(H,34,39)(H,32,33,35). The molecule has 1 aromatic heterocycles. The van der Waals surface area contributed by atoms with E-state index in [0.29, 0.717) is 38.6 Å². The molecule has 3 N–H and O–H groups in total. The Kier molecular flexibility index (Phi) is 6.99. The zero-order chi connectivity index (χ0) is 26.9. The molecule has 39 heavy (non-hydrogen) atoms. The number of hydrogen-bond acceptors (Lipinski definition) is 6. The minimum absolute atomic E-state index is 0.191. The molecule has 4 aromatic rings. The Morgan fingerprint density at radius 2 is 1.69 bits per heavy atom. The third kappa shape index (κ3) is 5.23. The van der Waals surface area contributed by atoms with Gasteiger partial charge in [-0.05, 0) is 55.3 Å². The van der Waals surface area contributed by atoms with Crippen LogP contribution in [-0.2, 0) is 6.54 Å². The second-order valence-electron chi connectivity index (χ2n) is 9.58. The number of piperidine rings is 1. The third-order valence-electron chi connectivity index (χ3n) is 7.06. The summed E-state index contributed by atoms with van der Waals surface area (Å²) in [5.41, 5.74) is 5.20. The Bertz CT molecular complexity index is 1500. The maximum absolute atomic E-state index is 13.4. The maximum Gasteiger partial charge on any atom is 0.326 e. The molecule has 0 unspecified atom stereocenters. The van der Waals surface area contributed by atoms with E-state index < -0.39 is 0 Å². The summed E-state index contributed by atoms with van der Waals surface area (Å²) in [6.45, 7) is 1.87. The van der Waals surface area contributed by atoms with Crippen molar-refractivity contribution in [2.24, 2.45) is 0 Å². The van der Waals surface area contributed by atoms with Crippen LogP contribution in [0.5, 0.6) is 0 Å². The fourth-order valence-corrected chi connectivity index (χ4v) is 5.46. The lowest BCUT2D eigenvalue weighted by Crippen LogP contribution is -2.35. The molecule has 8 nitrogen and oxygen atoms in total. The Morgan fingerprint density at radius 3 is 2.44 bits per heavy atom. The van der Waals surface area contributed by atoms with Gasteiger partial charge in [0.2, 0.25) is 5.95 Å². The van der Waals surface area contributed by atoms with Crippen molar-refractivity contribution in [1.29, 1.82) is 0 Å². The van der Waals surface area contributed by atoms with Gasteiger partial charge in [0, 0.05) is 45.6 Å². The minimum Gasteiger partial charge on any atom is -0.393 e. The lowest BCUT2D eigenvalue weighted by molar-refractivity contribution is 0.145. The molecule has 0 spiro atoms. The fourth-order valence-electron chi connectivity index (χ4n) is 4.95. The largest absolute Gasteiger partial charge is 0.393 e. The third-order valence-corrected chi connectivity index (χ3v) is 7.76. The van der Waals surface area contributed by atoms with E-state index in [4.69, 9.17) is 28.2 Å². The number of hydrogen-bond donors (Lipinski definition) is 3. The van der Waals surface area contributed by atoms with Crippen molar-refractivity contribution >= 4 is 57.9 Å². The molecule has 2 amide bonds. The van der Waals surface area contributed by atoms with Gasteiger partial charge in [-0.1, -0.05) is 47.5 Å². The summed E-state index contributed by atoms with van der Waals surface area (Å²) in [5.74, 6) is 0.411. The zero-order valence-corrected chi connectivity index (χ0v) is 22.5. The highest BCUT2D eigenvalue weighted by molar-refractivity contribution is 6.36. The quantitative estimate of drug-likeness (QED) is 0.251. The first-order valence-electron chi connectivity index (χ1n) is 12.7. The Balaban J connectivity index is 1.28. The van der Waals surface area contributed by atoms with Gasteiger partial charge in [-0.25, -0.2) is 14.8 Å². The van der Waals surface area contributed by atoms with Gasteiger partial charge in [-0.2, -0.15) is 0 Å². The first-order chi connectivity index (χ1) is 19.0. The second kappa shape index (κ2) is 10.7. The van der Waals surface area contributed by atoms with E-state index in [1.807, 2.05) is 36.4 Å². The normalized spacial score (nSPS) is 15.3. The van der Waals surface area contributed by atoms with Crippen molar-refractivity contribution in [2.45, 2.75) is 25.5 Å². The molecule has 10 heteroatoms. The van der Waals surface area contributed by atoms with Crippen molar-refractivity contribution in [3.63, 3.8) is 0 Å². The molecule has 3 aromatic carbocycles. The minimum atomic E-state index is -0.331. The van der Waals surface area contributed by atoms with Crippen LogP contribution in [0.3, 0.4) is 0 Å². The molecule has 2 aliphatic rings. The van der Waals surface area contributed by atoms with Gasteiger partial charge in [-0.15, -0.1) is 0 Å². The van der Waals surface area contributed by atoms with Crippen molar-refractivity contribution in [3.8, 4) is 11.3 Å². The van der Waals surface area contributed by atoms with Crippen molar-refractivity contribution in [1.82, 2.24) is 9.97 Å². The predicted octanol–water partition coefficient (Wildman–Crippen LogP) is 6.71. The number of anilines is 5. The van der Waals surface area contributed by atoms with Crippen LogP contribution in [0.2, 0.25) is 10.0 Å². The van der Waals surface area contributed by atoms with Gasteiger partial charge in [-0.3, -0.25) is 4.90 Å². The van der Waals surface area contributed by atoms with Crippen LogP contribution in [0.15, 0.2) is 72.9 Å². The number of carbonyl (C=O) groups excluding carboxylic acids is 1. The summed E-state index contributed by atoms with van der Waals surface area (Å²) in [4.78, 5) is 26.5. The monoisotopic (exact) mass is 560 g/mol. The number of aliphatic hydroxyl groups excluding tert-OH is 1. The molecule has 0 atom stereocenters. The molecule has 198 valence electrons. The summed E-state index contributed by atoms with van der Waals surface area (Å²) in [6.07, 6.45) is 2.97. The summed E-state index contributed by atoms with van der Waals surface area (Å²) in [6, 6.07) is 20.6. The number of carbonyl (C=O) groups is 1. The van der Waals surface area contributed by atoms with E-state index in [9.17, 15) is 9.90 Å². The molecule has 1 saturated heterocycles. The molecular formula is C29H26Cl2N6O2. The van der Waals surface area contributed by atoms with E-state index in [-0.39, 0.29) is 18.7 Å². The Labute approximate surface area is 236 Å². The van der Waals surface area contributed by atoms with Gasteiger partial charge in [0.1, 0.15) is 5.69 Å². The number of benzene rings is 3. The van der Waals surface area contributed by atoms with Crippen LogP contribution in [0.1, 0.15) is 18.4 Å². The van der Waals surface area contributed by atoms with Crippen molar-refractivity contribution in [2.75, 3.05) is 33.5 Å². The van der Waals surface area contributed by atoms with Gasteiger partial charge >= 0.3 is 6.03 Å². The smallest absolute Gasteiger partial charge is 0.326 e. The SMILES string of the molecule is O=C1Nc2cnc(Nc3ccc(N4CCC(O)CC4)cc3)nc2-c2ccccc2N1Cc1c(Cl)cccc1Cl. The number of halogens is 2. The fraction of sp³-hybridized carbons (Fsp3) is 0.207. The lowest BCUT2D eigenvalue weighted by Gasteiger charge is -2.31. The number of aliphatic hydroxyl groups is 1. The summed E-state index contributed by atoms with van der Waals surface area (Å²) >= 11 is 12.8. The molecular weight excluding hydrogens is 535 g/mol. The lowest BCUT2D eigenvalue weighted by atomic mass is 10.1. The Hall–Kier alpha value is -3.85. The highest BCUT2D eigenvalue weighted by Crippen LogP contribution is 2.39. The van der Waals surface area contributed by atoms with Crippen LogP contribution >= 0.6 is 23.2 Å². The maximum atomic E-state index is 13.4. The number of nitrogens with zero attached hydrogens (tertiary/aromatic N) is 4. The number of rotatable bonds is 5. The molecule has 2 aliphatic heterocycles. The summed E-state index contributed by atoms with van der Waals surface area (Å²) < 4.78 is 0. The molecule has 6 rings (SSSR count). The molecule has 1 fully saturated rings. The van der Waals surface area contributed by atoms with Crippen molar-refractivity contribution in [3.05, 3.63) is 88.5 Å². The molecule has 0 saturated carbocycles. The first kappa shape index (κ1) is 25.4. The second-order valence-corrected chi connectivity index (χ2v) is 10.4. The number of para-hydroxylation sites is 1. The van der Waals surface area contributed by atoms with Crippen molar-refractivity contribution < 1.29 is 9.90 Å². The number of aromatic nitrogens is 2. The van der Waals surface area contributed by atoms with E-state index >= 15 is 0 Å². The number of fused-ring (bicyclic) bond motifs is 3. The molecule has 3 heterocycles. The van der Waals surface area contributed by atoms with Crippen LogP contribution in [0.4, 0.5) is 33.5 Å². The van der Waals surface area contributed by atoms with Crippen LogP contribution < -0.4 is 20.4 Å². The summed E-state index contributed by atoms with van der Waals surface area (Å²) in [5, 5.41) is 17.0. The van der Waals surface area contributed by atoms with Gasteiger partial charge in [0.05, 0.1) is 30.2 Å². The van der Waals surface area contributed by atoms with E-state index in [1.54, 1.807) is 29.3 Å². The number of amides is 2. The van der Waals surface area contributed by atoms with E-state index in [2.05, 4.69) is 32.7 Å². The molecule has 0 radical (unpaired) electrons. The van der Waals surface area contributed by atoms with E-state index in [0.717, 1.165) is 42.9 Å². The topological polar surface area (TPSA) is 93.6 Å². The Morgan fingerprint density at radius 1 is 0.974 bits per heavy atom. The van der Waals surface area contributed by atoms with E-state index in [1.165, 1.54) is 0 Å². The average molecular weight is 561 g/mol. The first-order valence-corrected chi connectivity index (χ1v) is 13.5. The van der Waals surface area contributed by atoms with Gasteiger partial charge in [0.25, 0.3) is 0 Å². The van der Waals surface area contributed by atoms with Crippen LogP contribution in [0, 0.1) is 0 Å². The highest BCUT2D eigenvalue weighted by Gasteiger charge is 2.28. The number of urea groups is 1. The predicted molar refractivity (Wildman–Crippen MR) is 156 cm³/mol. The van der Waals surface area contributed by atoms with Crippen LogP contribution in [0.25, 0.3) is 11.3 Å².